The number of carbonyl (C=O) groups is 2. The highest BCUT2D eigenvalue weighted by Crippen LogP contribution is 2.32. The molecule has 0 bridgehead atoms. The van der Waals surface area contributed by atoms with Crippen LogP contribution in [0.25, 0.3) is 0 Å². The summed E-state index contributed by atoms with van der Waals surface area (Å²) in [6.07, 6.45) is 3.26. The highest BCUT2D eigenvalue weighted by atomic mass is 16.6. The SMILES string of the molecule is COc1ccccc1COCCCOc1ccc(C2CCN(C(=O)OC(C)(C)C)CC2OCCOc2ccccc2CCN2CCCC2=O)cc1. The van der Waals surface area contributed by atoms with E-state index < -0.39 is 5.60 Å². The second kappa shape index (κ2) is 18.8. The number of benzene rings is 3. The second-order valence-electron chi connectivity index (χ2n) is 14.1. The van der Waals surface area contributed by atoms with Crippen LogP contribution in [0, 0.1) is 0 Å². The first-order chi connectivity index (χ1) is 24.7. The van der Waals surface area contributed by atoms with Gasteiger partial charge >= 0.3 is 6.09 Å². The molecule has 0 aliphatic carbocycles. The predicted octanol–water partition coefficient (Wildman–Crippen LogP) is 7.03. The van der Waals surface area contributed by atoms with Gasteiger partial charge < -0.3 is 38.2 Å². The van der Waals surface area contributed by atoms with Crippen molar-refractivity contribution in [3.63, 3.8) is 0 Å². The van der Waals surface area contributed by atoms with Gasteiger partial charge in [-0.2, -0.15) is 0 Å². The summed E-state index contributed by atoms with van der Waals surface area (Å²) >= 11 is 0. The fourth-order valence-corrected chi connectivity index (χ4v) is 6.52. The summed E-state index contributed by atoms with van der Waals surface area (Å²) in [7, 11) is 1.67. The smallest absolute Gasteiger partial charge is 0.410 e. The number of hydrogen-bond donors (Lipinski definition) is 0. The Kier molecular flexibility index (Phi) is 14.0. The van der Waals surface area contributed by atoms with Crippen molar-refractivity contribution in [3.8, 4) is 17.2 Å². The molecule has 0 radical (unpaired) electrons. The van der Waals surface area contributed by atoms with Crippen molar-refractivity contribution in [1.82, 2.24) is 9.80 Å². The summed E-state index contributed by atoms with van der Waals surface area (Å²) < 4.78 is 35.6. The van der Waals surface area contributed by atoms with E-state index in [0.717, 1.165) is 66.2 Å². The summed E-state index contributed by atoms with van der Waals surface area (Å²) in [6.45, 7) is 10.5. The lowest BCUT2D eigenvalue weighted by Gasteiger charge is -2.39. The quantitative estimate of drug-likeness (QED) is 0.138. The van der Waals surface area contributed by atoms with Gasteiger partial charge in [-0.05, 0) is 75.4 Å². The number of para-hydroxylation sites is 2. The molecule has 2 atom stereocenters. The molecule has 10 nitrogen and oxygen atoms in total. The molecule has 51 heavy (non-hydrogen) atoms. The lowest BCUT2D eigenvalue weighted by Crippen LogP contribution is -2.48. The highest BCUT2D eigenvalue weighted by Gasteiger charge is 2.35. The Morgan fingerprint density at radius 1 is 0.843 bits per heavy atom. The maximum Gasteiger partial charge on any atom is 0.410 e. The number of methoxy groups -OCH3 is 1. The maximum absolute atomic E-state index is 13.0. The van der Waals surface area contributed by atoms with Crippen molar-refractivity contribution in [2.24, 2.45) is 0 Å². The first-order valence-electron chi connectivity index (χ1n) is 18.2. The van der Waals surface area contributed by atoms with Crippen molar-refractivity contribution in [2.45, 2.75) is 77.1 Å². The van der Waals surface area contributed by atoms with Gasteiger partial charge in [-0.25, -0.2) is 4.79 Å². The van der Waals surface area contributed by atoms with Crippen molar-refractivity contribution in [3.05, 3.63) is 89.5 Å². The largest absolute Gasteiger partial charge is 0.496 e. The molecular formula is C41H54N2O8. The zero-order valence-electron chi connectivity index (χ0n) is 30.6. The molecule has 2 aliphatic heterocycles. The van der Waals surface area contributed by atoms with Gasteiger partial charge in [-0.1, -0.05) is 48.5 Å². The Morgan fingerprint density at radius 3 is 2.31 bits per heavy atom. The third-order valence-corrected chi connectivity index (χ3v) is 9.14. The Balaban J connectivity index is 1.12. The number of ether oxygens (including phenoxy) is 6. The van der Waals surface area contributed by atoms with E-state index in [1.807, 2.05) is 80.3 Å². The number of likely N-dealkylation sites (tertiary alicyclic amines) is 2. The molecule has 2 amide bonds. The summed E-state index contributed by atoms with van der Waals surface area (Å²) in [4.78, 5) is 28.8. The Hall–Kier alpha value is -4.28. The van der Waals surface area contributed by atoms with Gasteiger partial charge in [0.15, 0.2) is 0 Å². The number of rotatable bonds is 17. The van der Waals surface area contributed by atoms with Gasteiger partial charge in [0.1, 0.15) is 29.5 Å². The van der Waals surface area contributed by atoms with Gasteiger partial charge in [0, 0.05) is 44.0 Å². The molecule has 3 aromatic carbocycles. The second-order valence-corrected chi connectivity index (χ2v) is 14.1. The summed E-state index contributed by atoms with van der Waals surface area (Å²) in [5, 5.41) is 0. The molecule has 0 N–H and O–H groups in total. The van der Waals surface area contributed by atoms with Crippen LogP contribution >= 0.6 is 0 Å². The first kappa shape index (κ1) is 38.0. The minimum Gasteiger partial charge on any atom is -0.496 e. The van der Waals surface area contributed by atoms with E-state index in [9.17, 15) is 9.59 Å². The molecule has 276 valence electrons. The molecule has 2 unspecified atom stereocenters. The van der Waals surface area contributed by atoms with Crippen molar-refractivity contribution in [2.75, 3.05) is 59.7 Å². The van der Waals surface area contributed by atoms with Crippen LogP contribution in [0.4, 0.5) is 4.79 Å². The molecule has 3 aromatic rings. The van der Waals surface area contributed by atoms with Gasteiger partial charge in [-0.3, -0.25) is 4.79 Å². The molecule has 2 saturated heterocycles. The van der Waals surface area contributed by atoms with Crippen molar-refractivity contribution >= 4 is 12.0 Å². The average Bonchev–Trinajstić information content (AvgIpc) is 3.54. The Morgan fingerprint density at radius 2 is 1.59 bits per heavy atom. The minimum atomic E-state index is -0.578. The van der Waals surface area contributed by atoms with E-state index in [2.05, 4.69) is 18.2 Å². The normalized spacial score (nSPS) is 17.8. The van der Waals surface area contributed by atoms with E-state index in [1.54, 1.807) is 12.0 Å². The van der Waals surface area contributed by atoms with Crippen LogP contribution in [0.5, 0.6) is 17.2 Å². The molecule has 0 saturated carbocycles. The predicted molar refractivity (Wildman–Crippen MR) is 196 cm³/mol. The summed E-state index contributed by atoms with van der Waals surface area (Å²) in [5.74, 6) is 2.75. The number of amides is 2. The number of hydrogen-bond acceptors (Lipinski definition) is 8. The highest BCUT2D eigenvalue weighted by molar-refractivity contribution is 5.78. The third kappa shape index (κ3) is 11.6. The lowest BCUT2D eigenvalue weighted by atomic mass is 9.87. The standard InChI is InChI=1S/C41H54N2O8/c1-41(2,3)51-40(45)43-24-21-35(31-16-18-34(19-17-31)48-26-10-25-47-30-33-12-6-7-13-36(33)46-4)38(29-43)50-28-27-49-37-14-8-5-11-32(37)20-23-42-22-9-15-39(42)44/h5-8,11-14,16-19,35,38H,9-10,15,20-30H2,1-4H3. The van der Waals surface area contributed by atoms with Crippen LogP contribution < -0.4 is 14.2 Å². The van der Waals surface area contributed by atoms with Crippen molar-refractivity contribution < 1.29 is 38.0 Å². The van der Waals surface area contributed by atoms with E-state index in [-0.39, 0.29) is 24.0 Å². The first-order valence-corrected chi connectivity index (χ1v) is 18.2. The fourth-order valence-electron chi connectivity index (χ4n) is 6.52. The van der Waals surface area contributed by atoms with Crippen LogP contribution in [0.15, 0.2) is 72.8 Å². The van der Waals surface area contributed by atoms with E-state index in [0.29, 0.717) is 59.1 Å². The minimum absolute atomic E-state index is 0.0893. The van der Waals surface area contributed by atoms with Crippen LogP contribution in [0.1, 0.15) is 69.1 Å². The zero-order chi connectivity index (χ0) is 36.1. The number of nitrogens with zero attached hydrogens (tertiary/aromatic N) is 2. The average molecular weight is 703 g/mol. The molecule has 2 heterocycles. The van der Waals surface area contributed by atoms with Crippen LogP contribution in [0.3, 0.4) is 0 Å². The van der Waals surface area contributed by atoms with Gasteiger partial charge in [-0.15, -0.1) is 0 Å². The molecule has 10 heteroatoms. The third-order valence-electron chi connectivity index (χ3n) is 9.14. The van der Waals surface area contributed by atoms with Gasteiger partial charge in [0.25, 0.3) is 0 Å². The van der Waals surface area contributed by atoms with Crippen LogP contribution in [0.2, 0.25) is 0 Å². The molecule has 2 aliphatic rings. The Labute approximate surface area is 302 Å². The zero-order valence-corrected chi connectivity index (χ0v) is 30.6. The molecule has 0 aromatic heterocycles. The van der Waals surface area contributed by atoms with Gasteiger partial charge in [0.05, 0.1) is 46.2 Å². The fraction of sp³-hybridized carbons (Fsp3) is 0.512. The molecule has 5 rings (SSSR count). The lowest BCUT2D eigenvalue weighted by molar-refractivity contribution is -0.127. The molecular weight excluding hydrogens is 648 g/mol. The van der Waals surface area contributed by atoms with Crippen molar-refractivity contribution in [1.29, 1.82) is 0 Å². The summed E-state index contributed by atoms with van der Waals surface area (Å²) in [5.41, 5.74) is 2.66. The van der Waals surface area contributed by atoms with Gasteiger partial charge in [0.2, 0.25) is 5.91 Å². The van der Waals surface area contributed by atoms with Crippen LogP contribution in [-0.2, 0) is 32.0 Å². The number of carbonyl (C=O) groups excluding carboxylic acids is 2. The Bertz CT molecular complexity index is 1540. The molecule has 0 spiro atoms. The van der Waals surface area contributed by atoms with E-state index in [4.69, 9.17) is 28.4 Å². The number of piperidine rings is 1. The van der Waals surface area contributed by atoms with E-state index in [1.165, 1.54) is 0 Å². The van der Waals surface area contributed by atoms with E-state index >= 15 is 0 Å². The monoisotopic (exact) mass is 702 g/mol. The topological polar surface area (TPSA) is 96.0 Å². The summed E-state index contributed by atoms with van der Waals surface area (Å²) in [6, 6.07) is 24.0. The van der Waals surface area contributed by atoms with Crippen LogP contribution in [-0.4, -0.2) is 93.2 Å². The molecule has 2 fully saturated rings. The maximum atomic E-state index is 13.0.